The van der Waals surface area contributed by atoms with Gasteiger partial charge >= 0.3 is 6.03 Å². The minimum atomic E-state index is -0.0758. The van der Waals surface area contributed by atoms with Crippen LogP contribution in [0.25, 0.3) is 11.0 Å². The van der Waals surface area contributed by atoms with Gasteiger partial charge in [0, 0.05) is 31.6 Å². The van der Waals surface area contributed by atoms with Gasteiger partial charge in [-0.3, -0.25) is 4.68 Å². The van der Waals surface area contributed by atoms with Crippen LogP contribution in [-0.4, -0.2) is 48.8 Å². The van der Waals surface area contributed by atoms with Crippen molar-refractivity contribution in [3.05, 3.63) is 41.2 Å². The molecule has 0 radical (unpaired) electrons. The van der Waals surface area contributed by atoms with Crippen molar-refractivity contribution in [3.8, 4) is 0 Å². The quantitative estimate of drug-likeness (QED) is 0.734. The van der Waals surface area contributed by atoms with E-state index < -0.39 is 0 Å². The van der Waals surface area contributed by atoms with Gasteiger partial charge in [0.1, 0.15) is 18.0 Å². The van der Waals surface area contributed by atoms with Crippen molar-refractivity contribution in [1.82, 2.24) is 34.9 Å². The molecule has 0 bridgehead atoms. The maximum atomic E-state index is 12.6. The molecule has 4 rings (SSSR count). The zero-order chi connectivity index (χ0) is 18.1. The molecule has 0 aliphatic carbocycles. The number of halogens is 1. The Hall–Kier alpha value is -2.61. The first-order valence-corrected chi connectivity index (χ1v) is 9.02. The van der Waals surface area contributed by atoms with Gasteiger partial charge in [0.25, 0.3) is 0 Å². The van der Waals surface area contributed by atoms with E-state index in [0.717, 1.165) is 42.1 Å². The van der Waals surface area contributed by atoms with Crippen LogP contribution in [0.1, 0.15) is 30.5 Å². The minimum Gasteiger partial charge on any atom is -0.340 e. The molecule has 1 fully saturated rings. The number of fused-ring (bicyclic) bond motifs is 1. The lowest BCUT2D eigenvalue weighted by Crippen LogP contribution is -2.40. The Kier molecular flexibility index (Phi) is 4.50. The Morgan fingerprint density at radius 3 is 3.15 bits per heavy atom. The van der Waals surface area contributed by atoms with E-state index in [1.165, 1.54) is 6.33 Å². The molecule has 1 aliphatic heterocycles. The number of aromatic amines is 1. The number of aryl methyl sites for hydroxylation is 1. The molecule has 3 aromatic rings. The number of carbonyl (C=O) groups is 1. The topological polar surface area (TPSA) is 91.7 Å². The van der Waals surface area contributed by atoms with Crippen LogP contribution in [0.4, 0.5) is 4.79 Å². The molecule has 1 atom stereocenters. The van der Waals surface area contributed by atoms with Crippen LogP contribution in [0, 0.1) is 0 Å². The Labute approximate surface area is 155 Å². The molecule has 9 heteroatoms. The zero-order valence-corrected chi connectivity index (χ0v) is 15.2. The molecule has 2 aromatic heterocycles. The van der Waals surface area contributed by atoms with Crippen molar-refractivity contribution < 1.29 is 4.79 Å². The van der Waals surface area contributed by atoms with Gasteiger partial charge < -0.3 is 15.2 Å². The maximum absolute atomic E-state index is 12.6. The first kappa shape index (κ1) is 16.8. The molecule has 0 saturated carbocycles. The molecule has 136 valence electrons. The summed E-state index contributed by atoms with van der Waals surface area (Å²) < 4.78 is 1.71. The van der Waals surface area contributed by atoms with Crippen LogP contribution in [0.3, 0.4) is 0 Å². The van der Waals surface area contributed by atoms with Crippen LogP contribution in [0.5, 0.6) is 0 Å². The average molecular weight is 374 g/mol. The van der Waals surface area contributed by atoms with Gasteiger partial charge in [-0.15, -0.1) is 0 Å². The lowest BCUT2D eigenvalue weighted by Gasteiger charge is -2.23. The summed E-state index contributed by atoms with van der Waals surface area (Å²) >= 11 is 6.04. The summed E-state index contributed by atoms with van der Waals surface area (Å²) in [5, 5.41) is 7.67. The number of likely N-dealkylation sites (tertiary alicyclic amines) is 1. The van der Waals surface area contributed by atoms with Crippen molar-refractivity contribution in [3.63, 3.8) is 0 Å². The number of nitrogens with one attached hydrogen (secondary N) is 2. The number of rotatable bonds is 4. The van der Waals surface area contributed by atoms with Gasteiger partial charge in [-0.2, -0.15) is 5.10 Å². The van der Waals surface area contributed by atoms with Crippen molar-refractivity contribution >= 4 is 28.7 Å². The monoisotopic (exact) mass is 373 g/mol. The van der Waals surface area contributed by atoms with Crippen molar-refractivity contribution in [2.45, 2.75) is 25.3 Å². The summed E-state index contributed by atoms with van der Waals surface area (Å²) in [6.45, 7) is 1.24. The number of amides is 2. The highest BCUT2D eigenvalue weighted by molar-refractivity contribution is 6.31. The number of aromatic nitrogens is 5. The highest BCUT2D eigenvalue weighted by Gasteiger charge is 2.32. The molecule has 8 nitrogen and oxygen atoms in total. The number of benzene rings is 1. The standard InChI is InChI=1S/C17H20ClN7O/c1-24-15(20-10-21-24)6-7-19-17(26)25-8-2-3-14(25)16-22-12-5-4-11(18)9-13(12)23-16/h4-5,9-10,14H,2-3,6-8H2,1H3,(H,19,26)(H,22,23)/t14-/m0/s1. The number of nitrogens with zero attached hydrogens (tertiary/aromatic N) is 5. The number of hydrogen-bond acceptors (Lipinski definition) is 4. The van der Waals surface area contributed by atoms with E-state index >= 15 is 0 Å². The van der Waals surface area contributed by atoms with E-state index in [1.807, 2.05) is 30.1 Å². The molecular weight excluding hydrogens is 354 g/mol. The molecule has 3 heterocycles. The largest absolute Gasteiger partial charge is 0.340 e. The lowest BCUT2D eigenvalue weighted by atomic mass is 10.2. The van der Waals surface area contributed by atoms with Crippen molar-refractivity contribution in [1.29, 1.82) is 0 Å². The number of hydrogen-bond donors (Lipinski definition) is 2. The lowest BCUT2D eigenvalue weighted by molar-refractivity contribution is 0.191. The summed E-state index contributed by atoms with van der Waals surface area (Å²) in [4.78, 5) is 26.6. The first-order chi connectivity index (χ1) is 12.6. The molecule has 0 spiro atoms. The zero-order valence-electron chi connectivity index (χ0n) is 14.4. The van der Waals surface area contributed by atoms with Gasteiger partial charge in [-0.05, 0) is 31.0 Å². The summed E-state index contributed by atoms with van der Waals surface area (Å²) in [5.41, 5.74) is 1.75. The van der Waals surface area contributed by atoms with Gasteiger partial charge in [0.15, 0.2) is 0 Å². The molecule has 2 N–H and O–H groups in total. The minimum absolute atomic E-state index is 0.0454. The van der Waals surface area contributed by atoms with Crippen molar-refractivity contribution in [2.75, 3.05) is 13.1 Å². The van der Waals surface area contributed by atoms with E-state index in [-0.39, 0.29) is 12.1 Å². The van der Waals surface area contributed by atoms with E-state index in [9.17, 15) is 4.79 Å². The smallest absolute Gasteiger partial charge is 0.318 e. The molecule has 1 saturated heterocycles. The Morgan fingerprint density at radius 1 is 1.46 bits per heavy atom. The normalized spacial score (nSPS) is 17.2. The average Bonchev–Trinajstić information content (AvgIpc) is 3.33. The fourth-order valence-corrected chi connectivity index (χ4v) is 3.55. The second-order valence-corrected chi connectivity index (χ2v) is 6.85. The van der Waals surface area contributed by atoms with E-state index in [1.54, 1.807) is 4.68 Å². The predicted molar refractivity (Wildman–Crippen MR) is 97.9 cm³/mol. The van der Waals surface area contributed by atoms with Gasteiger partial charge in [-0.1, -0.05) is 11.6 Å². The van der Waals surface area contributed by atoms with Crippen LogP contribution in [0.2, 0.25) is 5.02 Å². The Balaban J connectivity index is 1.43. The summed E-state index contributed by atoms with van der Waals surface area (Å²) in [5.74, 6) is 1.65. The third-order valence-electron chi connectivity index (χ3n) is 4.72. The Bertz CT molecular complexity index is 934. The van der Waals surface area contributed by atoms with E-state index in [2.05, 4.69) is 25.4 Å². The molecule has 26 heavy (non-hydrogen) atoms. The predicted octanol–water partition coefficient (Wildman–Crippen LogP) is 2.43. The number of imidazole rings is 1. The molecule has 2 amide bonds. The van der Waals surface area contributed by atoms with Crippen LogP contribution in [0.15, 0.2) is 24.5 Å². The van der Waals surface area contributed by atoms with Crippen LogP contribution in [-0.2, 0) is 13.5 Å². The van der Waals surface area contributed by atoms with Gasteiger partial charge in [-0.25, -0.2) is 14.8 Å². The number of H-pyrrole nitrogens is 1. The van der Waals surface area contributed by atoms with Gasteiger partial charge in [0.2, 0.25) is 0 Å². The summed E-state index contributed by atoms with van der Waals surface area (Å²) in [7, 11) is 1.84. The molecule has 0 unspecified atom stereocenters. The Morgan fingerprint density at radius 2 is 2.35 bits per heavy atom. The van der Waals surface area contributed by atoms with Gasteiger partial charge in [0.05, 0.1) is 17.1 Å². The van der Waals surface area contributed by atoms with E-state index in [4.69, 9.17) is 11.6 Å². The summed E-state index contributed by atoms with van der Waals surface area (Å²) in [6.07, 6.45) is 4.01. The first-order valence-electron chi connectivity index (χ1n) is 8.64. The molecule has 1 aliphatic rings. The van der Waals surface area contributed by atoms with Crippen LogP contribution >= 0.6 is 11.6 Å². The fraction of sp³-hybridized carbons (Fsp3) is 0.412. The second kappa shape index (κ2) is 6.95. The number of urea groups is 1. The SMILES string of the molecule is Cn1ncnc1CCNC(=O)N1CCC[C@H]1c1nc2ccc(Cl)cc2[nH]1. The third-order valence-corrected chi connectivity index (χ3v) is 4.96. The molecule has 1 aromatic carbocycles. The molecular formula is C17H20ClN7O. The second-order valence-electron chi connectivity index (χ2n) is 6.42. The summed E-state index contributed by atoms with van der Waals surface area (Å²) in [6, 6.07) is 5.44. The van der Waals surface area contributed by atoms with E-state index in [0.29, 0.717) is 18.0 Å². The maximum Gasteiger partial charge on any atom is 0.318 e. The third kappa shape index (κ3) is 3.24. The van der Waals surface area contributed by atoms with Crippen LogP contribution < -0.4 is 5.32 Å². The number of carbonyl (C=O) groups excluding carboxylic acids is 1. The highest BCUT2D eigenvalue weighted by atomic mass is 35.5. The van der Waals surface area contributed by atoms with Crippen molar-refractivity contribution in [2.24, 2.45) is 7.05 Å². The highest BCUT2D eigenvalue weighted by Crippen LogP contribution is 2.31. The fourth-order valence-electron chi connectivity index (χ4n) is 3.38.